The molecule has 1 aromatic carbocycles. The molecule has 2 unspecified atom stereocenters. The van der Waals surface area contributed by atoms with Crippen molar-refractivity contribution in [3.05, 3.63) is 29.1 Å². The molecular weight excluding hydrogens is 287 g/mol. The highest BCUT2D eigenvalue weighted by atomic mass is 19.2. The van der Waals surface area contributed by atoms with Gasteiger partial charge in [-0.25, -0.2) is 8.78 Å². The number of amides is 1. The number of aliphatic hydroxyl groups excluding tert-OH is 1. The molecule has 0 spiro atoms. The molecule has 4 nitrogen and oxygen atoms in total. The fraction of sp³-hybridized carbons (Fsp3) is 0.500. The van der Waals surface area contributed by atoms with Crippen molar-refractivity contribution in [3.8, 4) is 5.75 Å². The maximum absolute atomic E-state index is 13.6. The lowest BCUT2D eigenvalue weighted by Gasteiger charge is -2.25. The zero-order valence-corrected chi connectivity index (χ0v) is 11.2. The van der Waals surface area contributed by atoms with Crippen molar-refractivity contribution in [2.75, 3.05) is 6.54 Å². The van der Waals surface area contributed by atoms with Gasteiger partial charge in [0.05, 0.1) is 11.7 Å². The predicted octanol–water partition coefficient (Wildman–Crippen LogP) is 2.09. The van der Waals surface area contributed by atoms with E-state index in [1.807, 2.05) is 0 Å². The zero-order valence-electron chi connectivity index (χ0n) is 11.2. The number of aromatic hydroxyl groups is 1. The summed E-state index contributed by atoms with van der Waals surface area (Å²) in [6, 6.07) is 0.412. The maximum atomic E-state index is 13.6. The molecule has 1 aliphatic carbocycles. The lowest BCUT2D eigenvalue weighted by Crippen LogP contribution is -2.33. The normalized spacial score (nSPS) is 22.1. The van der Waals surface area contributed by atoms with Crippen LogP contribution in [0.15, 0.2) is 6.07 Å². The molecule has 1 aliphatic rings. The first-order chi connectivity index (χ1) is 9.90. The van der Waals surface area contributed by atoms with Gasteiger partial charge in [0, 0.05) is 6.54 Å². The summed E-state index contributed by atoms with van der Waals surface area (Å²) in [7, 11) is 0. The molecule has 7 heteroatoms. The van der Waals surface area contributed by atoms with E-state index < -0.39 is 40.8 Å². The largest absolute Gasteiger partial charge is 0.503 e. The van der Waals surface area contributed by atoms with E-state index in [-0.39, 0.29) is 12.5 Å². The standard InChI is InChI=1S/C14H16F3NO3/c15-10-5-9(11(16)13(20)12(10)17)14(21)18-6-7-2-1-3-8(19)4-7/h5,7-8,19-20H,1-4,6H2,(H,18,21). The van der Waals surface area contributed by atoms with Gasteiger partial charge in [-0.1, -0.05) is 6.42 Å². The summed E-state index contributed by atoms with van der Waals surface area (Å²) in [6.45, 7) is 0.203. The van der Waals surface area contributed by atoms with Crippen molar-refractivity contribution >= 4 is 5.91 Å². The Kier molecular flexibility index (Phi) is 4.72. The molecule has 21 heavy (non-hydrogen) atoms. The Morgan fingerprint density at radius 3 is 2.67 bits per heavy atom. The number of nitrogens with one attached hydrogen (secondary N) is 1. The van der Waals surface area contributed by atoms with Gasteiger partial charge in [0.2, 0.25) is 5.82 Å². The third-order valence-electron chi connectivity index (χ3n) is 3.68. The molecule has 1 fully saturated rings. The van der Waals surface area contributed by atoms with Crippen LogP contribution in [0, 0.1) is 23.4 Å². The van der Waals surface area contributed by atoms with Gasteiger partial charge in [0.25, 0.3) is 5.91 Å². The van der Waals surface area contributed by atoms with Crippen LogP contribution in [-0.4, -0.2) is 28.8 Å². The first kappa shape index (κ1) is 15.6. The van der Waals surface area contributed by atoms with E-state index in [0.29, 0.717) is 12.5 Å². The summed E-state index contributed by atoms with van der Waals surface area (Å²) in [6.07, 6.45) is 2.50. The number of phenolic OH excluding ortho intramolecular Hbond substituents is 1. The second-order valence-corrected chi connectivity index (χ2v) is 5.28. The Bertz CT molecular complexity index is 551. The summed E-state index contributed by atoms with van der Waals surface area (Å²) in [4.78, 5) is 11.8. The molecule has 0 radical (unpaired) electrons. The summed E-state index contributed by atoms with van der Waals surface area (Å²) in [5, 5.41) is 21.0. The molecule has 0 aromatic heterocycles. The lowest BCUT2D eigenvalue weighted by molar-refractivity contribution is 0.0869. The number of phenols is 1. The third-order valence-corrected chi connectivity index (χ3v) is 3.68. The minimum atomic E-state index is -1.72. The summed E-state index contributed by atoms with van der Waals surface area (Å²) in [5.74, 6) is -7.09. The van der Waals surface area contributed by atoms with E-state index in [2.05, 4.69) is 5.32 Å². The van der Waals surface area contributed by atoms with E-state index in [1.165, 1.54) is 0 Å². The number of hydrogen-bond donors (Lipinski definition) is 3. The van der Waals surface area contributed by atoms with Crippen LogP contribution >= 0.6 is 0 Å². The molecule has 3 N–H and O–H groups in total. The Labute approximate surface area is 119 Å². The van der Waals surface area contributed by atoms with Gasteiger partial charge in [-0.05, 0) is 31.2 Å². The summed E-state index contributed by atoms with van der Waals surface area (Å²) >= 11 is 0. The van der Waals surface area contributed by atoms with E-state index in [0.717, 1.165) is 19.3 Å². The van der Waals surface area contributed by atoms with Gasteiger partial charge in [-0.3, -0.25) is 4.79 Å². The molecule has 1 aromatic rings. The molecule has 2 rings (SSSR count). The van der Waals surface area contributed by atoms with E-state index in [1.54, 1.807) is 0 Å². The average Bonchev–Trinajstić information content (AvgIpc) is 2.46. The smallest absolute Gasteiger partial charge is 0.254 e. The lowest BCUT2D eigenvalue weighted by atomic mass is 9.87. The Morgan fingerprint density at radius 2 is 2.00 bits per heavy atom. The number of rotatable bonds is 3. The number of carbonyl (C=O) groups is 1. The first-order valence-corrected chi connectivity index (χ1v) is 6.73. The van der Waals surface area contributed by atoms with Crippen LogP contribution in [0.2, 0.25) is 0 Å². The van der Waals surface area contributed by atoms with Gasteiger partial charge in [-0.15, -0.1) is 0 Å². The van der Waals surface area contributed by atoms with E-state index in [4.69, 9.17) is 5.11 Å². The van der Waals surface area contributed by atoms with Crippen LogP contribution in [-0.2, 0) is 0 Å². The van der Waals surface area contributed by atoms with Gasteiger partial charge < -0.3 is 15.5 Å². The zero-order chi connectivity index (χ0) is 15.6. The quantitative estimate of drug-likeness (QED) is 0.749. The molecule has 0 heterocycles. The van der Waals surface area contributed by atoms with E-state index >= 15 is 0 Å². The van der Waals surface area contributed by atoms with Crippen LogP contribution in [0.25, 0.3) is 0 Å². The number of benzene rings is 1. The average molecular weight is 303 g/mol. The van der Waals surface area contributed by atoms with Crippen LogP contribution in [0.5, 0.6) is 5.75 Å². The number of halogens is 3. The van der Waals surface area contributed by atoms with Gasteiger partial charge >= 0.3 is 0 Å². The predicted molar refractivity (Wildman–Crippen MR) is 68.3 cm³/mol. The van der Waals surface area contributed by atoms with Crippen LogP contribution in [0.3, 0.4) is 0 Å². The second kappa shape index (κ2) is 6.34. The van der Waals surface area contributed by atoms with Gasteiger partial charge in [0.1, 0.15) is 0 Å². The van der Waals surface area contributed by atoms with Crippen LogP contribution in [0.4, 0.5) is 13.2 Å². The second-order valence-electron chi connectivity index (χ2n) is 5.28. The van der Waals surface area contributed by atoms with Crippen LogP contribution < -0.4 is 5.32 Å². The number of carbonyl (C=O) groups excluding carboxylic acids is 1. The number of aliphatic hydroxyl groups is 1. The van der Waals surface area contributed by atoms with Crippen LogP contribution in [0.1, 0.15) is 36.0 Å². The highest BCUT2D eigenvalue weighted by Gasteiger charge is 2.24. The summed E-state index contributed by atoms with van der Waals surface area (Å²) in [5.41, 5.74) is -0.747. The SMILES string of the molecule is O=C(NCC1CCCC(O)C1)c1cc(F)c(F)c(O)c1F. The van der Waals surface area contributed by atoms with Gasteiger partial charge in [0.15, 0.2) is 17.4 Å². The topological polar surface area (TPSA) is 69.6 Å². The fourth-order valence-corrected chi connectivity index (χ4v) is 2.54. The van der Waals surface area contributed by atoms with Crippen molar-refractivity contribution in [1.82, 2.24) is 5.32 Å². The van der Waals surface area contributed by atoms with Crippen molar-refractivity contribution in [2.45, 2.75) is 31.8 Å². The summed E-state index contributed by atoms with van der Waals surface area (Å²) < 4.78 is 39.6. The molecule has 116 valence electrons. The first-order valence-electron chi connectivity index (χ1n) is 6.73. The van der Waals surface area contributed by atoms with Crippen molar-refractivity contribution < 1.29 is 28.2 Å². The highest BCUT2D eigenvalue weighted by molar-refractivity contribution is 5.94. The van der Waals surface area contributed by atoms with E-state index in [9.17, 15) is 23.1 Å². The fourth-order valence-electron chi connectivity index (χ4n) is 2.54. The molecule has 1 saturated carbocycles. The minimum absolute atomic E-state index is 0.0552. The monoisotopic (exact) mass is 303 g/mol. The third kappa shape index (κ3) is 3.47. The van der Waals surface area contributed by atoms with Crippen molar-refractivity contribution in [1.29, 1.82) is 0 Å². The Balaban J connectivity index is 2.04. The molecule has 1 amide bonds. The molecule has 0 bridgehead atoms. The molecular formula is C14H16F3NO3. The molecule has 2 atom stereocenters. The Morgan fingerprint density at radius 1 is 1.29 bits per heavy atom. The molecule has 0 aliphatic heterocycles. The van der Waals surface area contributed by atoms with Gasteiger partial charge in [-0.2, -0.15) is 4.39 Å². The number of hydrogen-bond acceptors (Lipinski definition) is 3. The Hall–Kier alpha value is -1.76. The maximum Gasteiger partial charge on any atom is 0.254 e. The van der Waals surface area contributed by atoms with Crippen molar-refractivity contribution in [3.63, 3.8) is 0 Å². The van der Waals surface area contributed by atoms with Crippen molar-refractivity contribution in [2.24, 2.45) is 5.92 Å². The minimum Gasteiger partial charge on any atom is -0.503 e. The molecule has 0 saturated heterocycles. The highest BCUT2D eigenvalue weighted by Crippen LogP contribution is 2.26.